The van der Waals surface area contributed by atoms with E-state index in [-0.39, 0.29) is 0 Å². The molecule has 0 radical (unpaired) electrons. The molecule has 0 spiro atoms. The molecule has 0 unspecified atom stereocenters. The smallest absolute Gasteiger partial charge is 0.243 e. The van der Waals surface area contributed by atoms with Gasteiger partial charge in [-0.1, -0.05) is 6.42 Å². The van der Waals surface area contributed by atoms with Gasteiger partial charge in [-0.25, -0.2) is 8.42 Å². The maximum atomic E-state index is 12.7. The summed E-state index contributed by atoms with van der Waals surface area (Å²) in [6.45, 7) is 1.28. The molecule has 1 aliphatic heterocycles. The van der Waals surface area contributed by atoms with Crippen molar-refractivity contribution in [1.29, 1.82) is 0 Å². The summed E-state index contributed by atoms with van der Waals surface area (Å²) in [7, 11) is -3.36. The lowest BCUT2D eigenvalue weighted by Crippen LogP contribution is -2.35. The molecule has 1 aliphatic carbocycles. The molecule has 110 valence electrons. The van der Waals surface area contributed by atoms with Gasteiger partial charge in [-0.3, -0.25) is 0 Å². The molecule has 1 fully saturated rings. The van der Waals surface area contributed by atoms with E-state index >= 15 is 0 Å². The van der Waals surface area contributed by atoms with Crippen LogP contribution in [0.3, 0.4) is 0 Å². The van der Waals surface area contributed by atoms with Crippen molar-refractivity contribution in [1.82, 2.24) is 4.31 Å². The van der Waals surface area contributed by atoms with Gasteiger partial charge in [0.25, 0.3) is 0 Å². The minimum Gasteiger partial charge on any atom is -0.398 e. The van der Waals surface area contributed by atoms with E-state index in [0.717, 1.165) is 56.1 Å². The largest absolute Gasteiger partial charge is 0.398 e. The first kappa shape index (κ1) is 13.9. The van der Waals surface area contributed by atoms with Crippen molar-refractivity contribution in [2.75, 3.05) is 18.8 Å². The molecule has 0 atom stereocenters. The average molecular weight is 294 g/mol. The first-order chi connectivity index (χ1) is 9.59. The molecule has 0 aromatic heterocycles. The van der Waals surface area contributed by atoms with Crippen LogP contribution in [0.1, 0.15) is 43.2 Å². The second-order valence-corrected chi connectivity index (χ2v) is 7.76. The lowest BCUT2D eigenvalue weighted by Gasteiger charge is -2.27. The van der Waals surface area contributed by atoms with Gasteiger partial charge in [0.15, 0.2) is 0 Å². The summed E-state index contributed by atoms with van der Waals surface area (Å²) in [5.74, 6) is 0. The van der Waals surface area contributed by atoms with Crippen molar-refractivity contribution >= 4 is 15.7 Å². The van der Waals surface area contributed by atoms with Gasteiger partial charge >= 0.3 is 0 Å². The van der Waals surface area contributed by atoms with E-state index in [2.05, 4.69) is 0 Å². The fourth-order valence-electron chi connectivity index (χ4n) is 3.27. The molecule has 1 aromatic rings. The number of nitrogen functional groups attached to an aromatic ring is 1. The van der Waals surface area contributed by atoms with Crippen molar-refractivity contribution in [2.24, 2.45) is 0 Å². The number of hydrogen-bond acceptors (Lipinski definition) is 3. The number of aryl methyl sites for hydroxylation is 1. The van der Waals surface area contributed by atoms with Gasteiger partial charge in [0, 0.05) is 18.8 Å². The molecule has 1 saturated heterocycles. The second kappa shape index (κ2) is 5.37. The van der Waals surface area contributed by atoms with Gasteiger partial charge in [0.05, 0.1) is 4.90 Å². The van der Waals surface area contributed by atoms with E-state index in [1.807, 2.05) is 6.07 Å². The van der Waals surface area contributed by atoms with Gasteiger partial charge in [-0.15, -0.1) is 0 Å². The molecule has 0 saturated carbocycles. The van der Waals surface area contributed by atoms with Crippen LogP contribution in [0.2, 0.25) is 0 Å². The van der Waals surface area contributed by atoms with Crippen LogP contribution < -0.4 is 5.73 Å². The fraction of sp³-hybridized carbons (Fsp3) is 0.600. The highest BCUT2D eigenvalue weighted by Crippen LogP contribution is 2.31. The minimum atomic E-state index is -3.36. The summed E-state index contributed by atoms with van der Waals surface area (Å²) < 4.78 is 27.0. The Morgan fingerprint density at radius 2 is 1.65 bits per heavy atom. The monoisotopic (exact) mass is 294 g/mol. The number of anilines is 1. The van der Waals surface area contributed by atoms with Crippen molar-refractivity contribution in [2.45, 2.75) is 49.8 Å². The Labute approximate surface area is 121 Å². The predicted molar refractivity (Wildman–Crippen MR) is 80.1 cm³/mol. The molecule has 5 heteroatoms. The van der Waals surface area contributed by atoms with Crippen LogP contribution in [0.4, 0.5) is 5.69 Å². The van der Waals surface area contributed by atoms with E-state index in [9.17, 15) is 8.42 Å². The SMILES string of the molecule is Nc1cc(S(=O)(=O)N2CCCCC2)cc2c1CCCC2. The number of nitrogens with zero attached hydrogens (tertiary/aromatic N) is 1. The molecule has 3 rings (SSSR count). The topological polar surface area (TPSA) is 63.4 Å². The maximum Gasteiger partial charge on any atom is 0.243 e. The first-order valence-corrected chi connectivity index (χ1v) is 8.94. The number of hydrogen-bond donors (Lipinski definition) is 1. The van der Waals surface area contributed by atoms with Crippen molar-refractivity contribution in [3.63, 3.8) is 0 Å². The summed E-state index contributed by atoms with van der Waals surface area (Å²) in [5, 5.41) is 0. The maximum absolute atomic E-state index is 12.7. The Bertz CT molecular complexity index is 605. The zero-order chi connectivity index (χ0) is 14.2. The molecule has 0 bridgehead atoms. The van der Waals surface area contributed by atoms with Crippen LogP contribution in [-0.2, 0) is 22.9 Å². The van der Waals surface area contributed by atoms with Gasteiger partial charge < -0.3 is 5.73 Å². The van der Waals surface area contributed by atoms with E-state index in [4.69, 9.17) is 5.73 Å². The number of sulfonamides is 1. The summed E-state index contributed by atoms with van der Waals surface area (Å²) in [4.78, 5) is 0.387. The molecule has 0 amide bonds. The molecule has 2 N–H and O–H groups in total. The summed E-state index contributed by atoms with van der Waals surface area (Å²) in [5.41, 5.74) is 9.03. The number of benzene rings is 1. The van der Waals surface area contributed by atoms with E-state index in [0.29, 0.717) is 23.7 Å². The molecular formula is C15H22N2O2S. The van der Waals surface area contributed by atoms with Gasteiger partial charge in [-0.2, -0.15) is 4.31 Å². The third-order valence-corrected chi connectivity index (χ3v) is 6.30. The van der Waals surface area contributed by atoms with Crippen LogP contribution in [0.5, 0.6) is 0 Å². The Hall–Kier alpha value is -1.07. The highest BCUT2D eigenvalue weighted by molar-refractivity contribution is 7.89. The Kier molecular flexibility index (Phi) is 3.73. The summed E-state index contributed by atoms with van der Waals surface area (Å²) in [6, 6.07) is 3.52. The lowest BCUT2D eigenvalue weighted by atomic mass is 9.91. The Morgan fingerprint density at radius 3 is 2.40 bits per heavy atom. The van der Waals surface area contributed by atoms with Gasteiger partial charge in [0.1, 0.15) is 0 Å². The van der Waals surface area contributed by atoms with Crippen LogP contribution >= 0.6 is 0 Å². The minimum absolute atomic E-state index is 0.387. The Morgan fingerprint density at radius 1 is 0.950 bits per heavy atom. The third-order valence-electron chi connectivity index (χ3n) is 4.43. The zero-order valence-electron chi connectivity index (χ0n) is 11.8. The normalized spacial score (nSPS) is 20.6. The average Bonchev–Trinajstić information content (AvgIpc) is 2.48. The molecule has 2 aliphatic rings. The number of nitrogens with two attached hydrogens (primary N) is 1. The van der Waals surface area contributed by atoms with E-state index in [1.165, 1.54) is 0 Å². The van der Waals surface area contributed by atoms with Crippen LogP contribution in [-0.4, -0.2) is 25.8 Å². The third kappa shape index (κ3) is 2.44. The highest BCUT2D eigenvalue weighted by atomic mass is 32.2. The molecule has 1 heterocycles. The standard InChI is InChI=1S/C15H22N2O2S/c16-15-11-13(10-12-6-2-3-7-14(12)15)20(18,19)17-8-4-1-5-9-17/h10-11H,1-9,16H2. The summed E-state index contributed by atoms with van der Waals surface area (Å²) in [6.07, 6.45) is 7.24. The molecular weight excluding hydrogens is 272 g/mol. The second-order valence-electron chi connectivity index (χ2n) is 5.82. The van der Waals surface area contributed by atoms with Crippen molar-refractivity contribution in [3.8, 4) is 0 Å². The first-order valence-electron chi connectivity index (χ1n) is 7.50. The predicted octanol–water partition coefficient (Wildman–Crippen LogP) is 2.32. The van der Waals surface area contributed by atoms with E-state index < -0.39 is 10.0 Å². The van der Waals surface area contributed by atoms with Crippen LogP contribution in [0, 0.1) is 0 Å². The number of fused-ring (bicyclic) bond motifs is 1. The number of piperidine rings is 1. The number of rotatable bonds is 2. The fourth-order valence-corrected chi connectivity index (χ4v) is 4.88. The molecule has 4 nitrogen and oxygen atoms in total. The zero-order valence-corrected chi connectivity index (χ0v) is 12.6. The lowest BCUT2D eigenvalue weighted by molar-refractivity contribution is 0.346. The van der Waals surface area contributed by atoms with Gasteiger partial charge in [-0.05, 0) is 61.8 Å². The van der Waals surface area contributed by atoms with Crippen LogP contribution in [0.25, 0.3) is 0 Å². The highest BCUT2D eigenvalue weighted by Gasteiger charge is 2.27. The Balaban J connectivity index is 1.99. The molecule has 20 heavy (non-hydrogen) atoms. The summed E-state index contributed by atoms with van der Waals surface area (Å²) >= 11 is 0. The van der Waals surface area contributed by atoms with Crippen molar-refractivity contribution < 1.29 is 8.42 Å². The quantitative estimate of drug-likeness (QED) is 0.851. The van der Waals surface area contributed by atoms with Gasteiger partial charge in [0.2, 0.25) is 10.0 Å². The van der Waals surface area contributed by atoms with Crippen LogP contribution in [0.15, 0.2) is 17.0 Å². The van der Waals surface area contributed by atoms with E-state index in [1.54, 1.807) is 10.4 Å². The van der Waals surface area contributed by atoms with Crippen molar-refractivity contribution in [3.05, 3.63) is 23.3 Å². The molecule has 1 aromatic carbocycles.